The fourth-order valence-electron chi connectivity index (χ4n) is 3.54. The number of nitrogens with zero attached hydrogens (tertiary/aromatic N) is 2. The maximum atomic E-state index is 12.3. The topological polar surface area (TPSA) is 34.9 Å². The first-order chi connectivity index (χ1) is 11.8. The molecule has 0 N–H and O–H groups in total. The second-order valence-corrected chi connectivity index (χ2v) is 7.26. The molecular formula is C20H14N2OS. The van der Waals surface area contributed by atoms with Gasteiger partial charge in [-0.25, -0.2) is 9.78 Å². The maximum absolute atomic E-state index is 12.3. The molecule has 2 heterocycles. The zero-order chi connectivity index (χ0) is 16.1. The average molecular weight is 330 g/mol. The van der Waals surface area contributed by atoms with E-state index in [-0.39, 0.29) is 10.9 Å². The van der Waals surface area contributed by atoms with Crippen LogP contribution in [-0.4, -0.2) is 9.55 Å². The van der Waals surface area contributed by atoms with Gasteiger partial charge in [0.1, 0.15) is 0 Å². The lowest BCUT2D eigenvalue weighted by atomic mass is 10.0. The molecule has 1 unspecified atom stereocenters. The third-order valence-corrected chi connectivity index (χ3v) is 5.90. The summed E-state index contributed by atoms with van der Waals surface area (Å²) < 4.78 is 1.83. The smallest absolute Gasteiger partial charge is 0.289 e. The zero-order valence-corrected chi connectivity index (χ0v) is 13.7. The molecule has 5 rings (SSSR count). The highest BCUT2D eigenvalue weighted by Crippen LogP contribution is 2.44. The van der Waals surface area contributed by atoms with Crippen molar-refractivity contribution in [3.05, 3.63) is 82.9 Å². The molecule has 1 aliphatic rings. The Balaban J connectivity index is 1.73. The Labute approximate surface area is 143 Å². The van der Waals surface area contributed by atoms with E-state index in [4.69, 9.17) is 0 Å². The number of hydrogen-bond donors (Lipinski definition) is 0. The molecule has 0 fully saturated rings. The summed E-state index contributed by atoms with van der Waals surface area (Å²) in [5.74, 6) is 0. The van der Waals surface area contributed by atoms with E-state index in [1.807, 2.05) is 28.5 Å². The third-order valence-electron chi connectivity index (χ3n) is 4.63. The Morgan fingerprint density at radius 2 is 1.75 bits per heavy atom. The summed E-state index contributed by atoms with van der Waals surface area (Å²) in [7, 11) is 0. The quantitative estimate of drug-likeness (QED) is 0.519. The van der Waals surface area contributed by atoms with E-state index in [0.717, 1.165) is 15.8 Å². The number of rotatable bonds is 1. The van der Waals surface area contributed by atoms with Crippen LogP contribution in [0.2, 0.25) is 0 Å². The van der Waals surface area contributed by atoms with Crippen molar-refractivity contribution in [1.82, 2.24) is 9.55 Å². The highest BCUT2D eigenvalue weighted by molar-refractivity contribution is 7.99. The molecule has 3 aromatic carbocycles. The van der Waals surface area contributed by atoms with Crippen molar-refractivity contribution in [2.75, 3.05) is 0 Å². The molecule has 0 radical (unpaired) electrons. The fourth-order valence-corrected chi connectivity index (χ4v) is 4.90. The van der Waals surface area contributed by atoms with Gasteiger partial charge < -0.3 is 0 Å². The van der Waals surface area contributed by atoms with Gasteiger partial charge in [-0.1, -0.05) is 54.6 Å². The van der Waals surface area contributed by atoms with Gasteiger partial charge in [0.15, 0.2) is 0 Å². The van der Waals surface area contributed by atoms with Crippen LogP contribution in [-0.2, 0) is 6.54 Å². The molecule has 0 amide bonds. The van der Waals surface area contributed by atoms with Crippen molar-refractivity contribution >= 4 is 33.4 Å². The Kier molecular flexibility index (Phi) is 3.00. The Hall–Kier alpha value is -2.59. The molecule has 3 nitrogen and oxygen atoms in total. The van der Waals surface area contributed by atoms with Crippen LogP contribution in [0.15, 0.2) is 76.6 Å². The van der Waals surface area contributed by atoms with Gasteiger partial charge in [-0.05, 0) is 22.4 Å². The van der Waals surface area contributed by atoms with Crippen LogP contribution < -0.4 is 5.69 Å². The lowest BCUT2D eigenvalue weighted by Crippen LogP contribution is -2.27. The van der Waals surface area contributed by atoms with E-state index in [1.54, 1.807) is 6.20 Å². The molecule has 1 aliphatic heterocycles. The summed E-state index contributed by atoms with van der Waals surface area (Å²) in [5, 5.41) is 3.72. The maximum Gasteiger partial charge on any atom is 0.348 e. The highest BCUT2D eigenvalue weighted by atomic mass is 32.2. The van der Waals surface area contributed by atoms with E-state index >= 15 is 0 Å². The van der Waals surface area contributed by atoms with Crippen molar-refractivity contribution in [1.29, 1.82) is 0 Å². The zero-order valence-electron chi connectivity index (χ0n) is 12.8. The van der Waals surface area contributed by atoms with Crippen LogP contribution >= 0.6 is 11.8 Å². The summed E-state index contributed by atoms with van der Waals surface area (Å²) in [5.41, 5.74) is 2.12. The summed E-state index contributed by atoms with van der Waals surface area (Å²) >= 11 is 1.84. The highest BCUT2D eigenvalue weighted by Gasteiger charge is 2.24. The third kappa shape index (κ3) is 2.00. The van der Waals surface area contributed by atoms with Gasteiger partial charge in [0.2, 0.25) is 0 Å². The van der Waals surface area contributed by atoms with Crippen molar-refractivity contribution in [2.24, 2.45) is 0 Å². The van der Waals surface area contributed by atoms with Crippen molar-refractivity contribution in [2.45, 2.75) is 16.7 Å². The van der Waals surface area contributed by atoms with Gasteiger partial charge in [0.25, 0.3) is 0 Å². The predicted octanol–water partition coefficient (Wildman–Crippen LogP) is 4.40. The van der Waals surface area contributed by atoms with Crippen LogP contribution in [0.3, 0.4) is 0 Å². The standard InChI is InChI=1S/C20H14N2OS/c23-20-21-11-14-7-4-10-17-19(14)22(20)12-18(24-17)16-9-3-6-13-5-1-2-8-15(13)16/h1-11,18H,12H2. The summed E-state index contributed by atoms with van der Waals surface area (Å²) in [6, 6.07) is 21.0. The number of benzene rings is 3. The Morgan fingerprint density at radius 3 is 2.71 bits per heavy atom. The van der Waals surface area contributed by atoms with E-state index < -0.39 is 0 Å². The van der Waals surface area contributed by atoms with E-state index in [2.05, 4.69) is 53.5 Å². The van der Waals surface area contributed by atoms with E-state index in [9.17, 15) is 4.79 Å². The molecule has 1 atom stereocenters. The first-order valence-electron chi connectivity index (χ1n) is 7.94. The average Bonchev–Trinajstić information content (AvgIpc) is 2.64. The van der Waals surface area contributed by atoms with Crippen LogP contribution in [0, 0.1) is 0 Å². The lowest BCUT2D eigenvalue weighted by molar-refractivity contribution is 0.654. The molecule has 4 heteroatoms. The number of hydrogen-bond acceptors (Lipinski definition) is 3. The monoisotopic (exact) mass is 330 g/mol. The molecule has 0 bridgehead atoms. The van der Waals surface area contributed by atoms with Crippen LogP contribution in [0.4, 0.5) is 0 Å². The minimum Gasteiger partial charge on any atom is -0.289 e. The Bertz CT molecular complexity index is 1140. The van der Waals surface area contributed by atoms with Crippen molar-refractivity contribution in [3.63, 3.8) is 0 Å². The molecule has 116 valence electrons. The van der Waals surface area contributed by atoms with E-state index in [0.29, 0.717) is 6.54 Å². The van der Waals surface area contributed by atoms with Crippen molar-refractivity contribution < 1.29 is 0 Å². The summed E-state index contributed by atoms with van der Waals surface area (Å²) in [4.78, 5) is 17.5. The van der Waals surface area contributed by atoms with Gasteiger partial charge in [0.05, 0.1) is 10.8 Å². The van der Waals surface area contributed by atoms with Gasteiger partial charge in [-0.3, -0.25) is 4.57 Å². The van der Waals surface area contributed by atoms with Crippen LogP contribution in [0.1, 0.15) is 10.8 Å². The lowest BCUT2D eigenvalue weighted by Gasteiger charge is -2.26. The molecule has 0 saturated carbocycles. The Morgan fingerprint density at radius 1 is 0.958 bits per heavy atom. The molecule has 4 aromatic rings. The van der Waals surface area contributed by atoms with Gasteiger partial charge >= 0.3 is 5.69 Å². The summed E-state index contributed by atoms with van der Waals surface area (Å²) in [6.45, 7) is 0.652. The largest absolute Gasteiger partial charge is 0.348 e. The number of fused-ring (bicyclic) bond motifs is 1. The van der Waals surface area contributed by atoms with Crippen molar-refractivity contribution in [3.8, 4) is 0 Å². The molecule has 1 aromatic heterocycles. The first-order valence-corrected chi connectivity index (χ1v) is 8.82. The van der Waals surface area contributed by atoms with Gasteiger partial charge in [0, 0.05) is 23.0 Å². The molecule has 0 saturated heterocycles. The first kappa shape index (κ1) is 13.8. The molecule has 0 spiro atoms. The molecular weight excluding hydrogens is 316 g/mol. The second kappa shape index (κ2) is 5.21. The molecule has 0 aliphatic carbocycles. The van der Waals surface area contributed by atoms with Gasteiger partial charge in [-0.15, -0.1) is 11.8 Å². The SMILES string of the molecule is O=c1ncc2cccc3c2n1CC(c1cccc2ccccc12)S3. The summed E-state index contributed by atoms with van der Waals surface area (Å²) in [6.07, 6.45) is 1.68. The van der Waals surface area contributed by atoms with Crippen LogP contribution in [0.25, 0.3) is 21.7 Å². The fraction of sp³-hybridized carbons (Fsp3) is 0.100. The number of para-hydroxylation sites is 1. The second-order valence-electron chi connectivity index (χ2n) is 6.02. The minimum atomic E-state index is -0.166. The predicted molar refractivity (Wildman–Crippen MR) is 98.5 cm³/mol. The van der Waals surface area contributed by atoms with Gasteiger partial charge in [-0.2, -0.15) is 0 Å². The number of aromatic nitrogens is 2. The number of thioether (sulfide) groups is 1. The molecule has 24 heavy (non-hydrogen) atoms. The normalized spacial score (nSPS) is 16.6. The minimum absolute atomic E-state index is 0.166. The van der Waals surface area contributed by atoms with E-state index in [1.165, 1.54) is 16.3 Å². The van der Waals surface area contributed by atoms with Crippen LogP contribution in [0.5, 0.6) is 0 Å².